The summed E-state index contributed by atoms with van der Waals surface area (Å²) in [5, 5.41) is 10.2. The Balaban J connectivity index is 1.96. The van der Waals surface area contributed by atoms with Crippen molar-refractivity contribution in [3.8, 4) is 0 Å². The van der Waals surface area contributed by atoms with E-state index >= 15 is 0 Å². The molecule has 88 valence electrons. The summed E-state index contributed by atoms with van der Waals surface area (Å²) < 4.78 is 5.31. The maximum atomic E-state index is 10.2. The van der Waals surface area contributed by atoms with Crippen molar-refractivity contribution in [1.29, 1.82) is 0 Å². The van der Waals surface area contributed by atoms with Gasteiger partial charge >= 0.3 is 0 Å². The van der Waals surface area contributed by atoms with Gasteiger partial charge in [0.1, 0.15) is 0 Å². The molecule has 0 radical (unpaired) electrons. The smallest absolute Gasteiger partial charge is 0.0965 e. The molecule has 0 amide bonds. The third-order valence-electron chi connectivity index (χ3n) is 3.26. The van der Waals surface area contributed by atoms with E-state index in [0.717, 1.165) is 43.7 Å². The molecule has 2 heterocycles. The number of aryl methyl sites for hydroxylation is 1. The summed E-state index contributed by atoms with van der Waals surface area (Å²) in [6.45, 7) is 3.66. The van der Waals surface area contributed by atoms with Crippen molar-refractivity contribution in [2.45, 2.75) is 32.3 Å². The first-order valence-electron chi connectivity index (χ1n) is 5.94. The molecule has 0 aromatic carbocycles. The van der Waals surface area contributed by atoms with Crippen LogP contribution in [0.1, 0.15) is 36.6 Å². The SMILES string of the molecule is Cc1cccnc1C(O)CC1CCOCC1. The lowest BCUT2D eigenvalue weighted by atomic mass is 9.91. The molecular formula is C13H19NO2. The highest BCUT2D eigenvalue weighted by atomic mass is 16.5. The van der Waals surface area contributed by atoms with Crippen LogP contribution in [-0.2, 0) is 4.74 Å². The Morgan fingerprint density at radius 3 is 2.94 bits per heavy atom. The van der Waals surface area contributed by atoms with Crippen molar-refractivity contribution in [3.63, 3.8) is 0 Å². The maximum absolute atomic E-state index is 10.2. The molecule has 0 saturated carbocycles. The first kappa shape index (κ1) is 11.6. The summed E-state index contributed by atoms with van der Waals surface area (Å²) in [6.07, 6.45) is 4.24. The molecule has 2 rings (SSSR count). The van der Waals surface area contributed by atoms with Gasteiger partial charge < -0.3 is 9.84 Å². The standard InChI is InChI=1S/C13H19NO2/c1-10-3-2-6-14-13(10)12(15)9-11-4-7-16-8-5-11/h2-3,6,11-12,15H,4-5,7-9H2,1H3. The molecule has 1 aliphatic heterocycles. The molecule has 0 spiro atoms. The van der Waals surface area contributed by atoms with E-state index in [9.17, 15) is 5.11 Å². The molecule has 16 heavy (non-hydrogen) atoms. The third kappa shape index (κ3) is 2.80. The van der Waals surface area contributed by atoms with Crippen LogP contribution in [0.5, 0.6) is 0 Å². The van der Waals surface area contributed by atoms with E-state index in [0.29, 0.717) is 5.92 Å². The van der Waals surface area contributed by atoms with Crippen molar-refractivity contribution < 1.29 is 9.84 Å². The molecular weight excluding hydrogens is 202 g/mol. The Morgan fingerprint density at radius 2 is 2.25 bits per heavy atom. The molecule has 1 fully saturated rings. The van der Waals surface area contributed by atoms with Crippen LogP contribution in [-0.4, -0.2) is 23.3 Å². The van der Waals surface area contributed by atoms with Crippen LogP contribution >= 0.6 is 0 Å². The van der Waals surface area contributed by atoms with Gasteiger partial charge in [0.05, 0.1) is 11.8 Å². The van der Waals surface area contributed by atoms with E-state index in [1.165, 1.54) is 0 Å². The summed E-state index contributed by atoms with van der Waals surface area (Å²) in [6, 6.07) is 3.90. The average Bonchev–Trinajstić information content (AvgIpc) is 2.31. The molecule has 0 bridgehead atoms. The summed E-state index contributed by atoms with van der Waals surface area (Å²) in [5.74, 6) is 0.574. The van der Waals surface area contributed by atoms with Crippen LogP contribution in [0.4, 0.5) is 0 Å². The normalized spacial score (nSPS) is 19.6. The first-order chi connectivity index (χ1) is 7.77. The predicted molar refractivity (Wildman–Crippen MR) is 62.1 cm³/mol. The van der Waals surface area contributed by atoms with Gasteiger partial charge in [-0.25, -0.2) is 0 Å². The summed E-state index contributed by atoms with van der Waals surface area (Å²) >= 11 is 0. The molecule has 3 nitrogen and oxygen atoms in total. The lowest BCUT2D eigenvalue weighted by Gasteiger charge is -2.24. The number of aliphatic hydroxyl groups excluding tert-OH is 1. The molecule has 1 saturated heterocycles. The van der Waals surface area contributed by atoms with Gasteiger partial charge in [0.25, 0.3) is 0 Å². The second-order valence-electron chi connectivity index (χ2n) is 4.51. The van der Waals surface area contributed by atoms with Gasteiger partial charge in [0.2, 0.25) is 0 Å². The van der Waals surface area contributed by atoms with Gasteiger partial charge in [0.15, 0.2) is 0 Å². The van der Waals surface area contributed by atoms with Crippen molar-refractivity contribution in [1.82, 2.24) is 4.98 Å². The Kier molecular flexibility index (Phi) is 3.91. The largest absolute Gasteiger partial charge is 0.387 e. The minimum Gasteiger partial charge on any atom is -0.387 e. The Labute approximate surface area is 96.5 Å². The quantitative estimate of drug-likeness (QED) is 0.851. The number of hydrogen-bond donors (Lipinski definition) is 1. The molecule has 1 unspecified atom stereocenters. The lowest BCUT2D eigenvalue weighted by molar-refractivity contribution is 0.0425. The van der Waals surface area contributed by atoms with Crippen LogP contribution in [0, 0.1) is 12.8 Å². The second-order valence-corrected chi connectivity index (χ2v) is 4.51. The average molecular weight is 221 g/mol. The highest BCUT2D eigenvalue weighted by molar-refractivity contribution is 5.19. The topological polar surface area (TPSA) is 42.4 Å². The van der Waals surface area contributed by atoms with Crippen LogP contribution in [0.2, 0.25) is 0 Å². The number of ether oxygens (including phenoxy) is 1. The molecule has 1 N–H and O–H groups in total. The number of hydrogen-bond acceptors (Lipinski definition) is 3. The van der Waals surface area contributed by atoms with E-state index in [4.69, 9.17) is 4.74 Å². The second kappa shape index (κ2) is 5.41. The van der Waals surface area contributed by atoms with Gasteiger partial charge in [-0.05, 0) is 43.7 Å². The van der Waals surface area contributed by atoms with E-state index < -0.39 is 6.10 Å². The number of pyridine rings is 1. The maximum Gasteiger partial charge on any atom is 0.0965 e. The third-order valence-corrected chi connectivity index (χ3v) is 3.26. The predicted octanol–water partition coefficient (Wildman–Crippen LogP) is 2.24. The summed E-state index contributed by atoms with van der Waals surface area (Å²) in [7, 11) is 0. The summed E-state index contributed by atoms with van der Waals surface area (Å²) in [5.41, 5.74) is 1.90. The first-order valence-corrected chi connectivity index (χ1v) is 5.94. The number of rotatable bonds is 3. The van der Waals surface area contributed by atoms with Gasteiger partial charge in [-0.15, -0.1) is 0 Å². The van der Waals surface area contributed by atoms with Crippen LogP contribution in [0.3, 0.4) is 0 Å². The fourth-order valence-electron chi connectivity index (χ4n) is 2.26. The van der Waals surface area contributed by atoms with E-state index in [-0.39, 0.29) is 0 Å². The minimum absolute atomic E-state index is 0.427. The Morgan fingerprint density at radius 1 is 1.50 bits per heavy atom. The fourth-order valence-corrected chi connectivity index (χ4v) is 2.26. The minimum atomic E-state index is -0.427. The highest BCUT2D eigenvalue weighted by Crippen LogP contribution is 2.27. The molecule has 3 heteroatoms. The van der Waals surface area contributed by atoms with Crippen molar-refractivity contribution >= 4 is 0 Å². The van der Waals surface area contributed by atoms with Gasteiger partial charge in [0, 0.05) is 19.4 Å². The zero-order valence-electron chi connectivity index (χ0n) is 9.72. The molecule has 1 atom stereocenters. The van der Waals surface area contributed by atoms with Gasteiger partial charge in [-0.3, -0.25) is 4.98 Å². The number of aromatic nitrogens is 1. The van der Waals surface area contributed by atoms with Crippen molar-refractivity contribution in [3.05, 3.63) is 29.6 Å². The Hall–Kier alpha value is -0.930. The molecule has 1 aromatic heterocycles. The zero-order valence-corrected chi connectivity index (χ0v) is 9.72. The number of nitrogens with zero attached hydrogens (tertiary/aromatic N) is 1. The van der Waals surface area contributed by atoms with Crippen molar-refractivity contribution in [2.75, 3.05) is 13.2 Å². The van der Waals surface area contributed by atoms with Crippen LogP contribution in [0.15, 0.2) is 18.3 Å². The zero-order chi connectivity index (χ0) is 11.4. The van der Waals surface area contributed by atoms with E-state index in [2.05, 4.69) is 4.98 Å². The van der Waals surface area contributed by atoms with Crippen LogP contribution in [0.25, 0.3) is 0 Å². The molecule has 1 aromatic rings. The monoisotopic (exact) mass is 221 g/mol. The van der Waals surface area contributed by atoms with E-state index in [1.807, 2.05) is 19.1 Å². The lowest BCUT2D eigenvalue weighted by Crippen LogP contribution is -2.18. The summed E-state index contributed by atoms with van der Waals surface area (Å²) in [4.78, 5) is 4.26. The van der Waals surface area contributed by atoms with E-state index in [1.54, 1.807) is 6.20 Å². The fraction of sp³-hybridized carbons (Fsp3) is 0.615. The van der Waals surface area contributed by atoms with Crippen LogP contribution < -0.4 is 0 Å². The molecule has 0 aliphatic carbocycles. The van der Waals surface area contributed by atoms with Gasteiger partial charge in [-0.1, -0.05) is 6.07 Å². The number of aliphatic hydroxyl groups is 1. The van der Waals surface area contributed by atoms with Crippen molar-refractivity contribution in [2.24, 2.45) is 5.92 Å². The highest BCUT2D eigenvalue weighted by Gasteiger charge is 2.20. The molecule has 1 aliphatic rings. The Bertz CT molecular complexity index is 334. The van der Waals surface area contributed by atoms with Gasteiger partial charge in [-0.2, -0.15) is 0 Å².